The Bertz CT molecular complexity index is 950. The minimum Gasteiger partial charge on any atom is -0.490 e. The molecule has 0 atom stereocenters. The number of hydrogen-bond donors (Lipinski definition) is 1. The summed E-state index contributed by atoms with van der Waals surface area (Å²) < 4.78 is 11.5. The zero-order valence-corrected chi connectivity index (χ0v) is 15.7. The molecule has 1 heterocycles. The van der Waals surface area contributed by atoms with E-state index in [0.717, 1.165) is 35.2 Å². The Morgan fingerprint density at radius 2 is 2.00 bits per heavy atom. The highest BCUT2D eigenvalue weighted by Gasteiger charge is 2.10. The molecule has 1 aromatic heterocycles. The SMILES string of the molecule is CCCCOc1ccc(/C=C(/C#N)c2nc3ccccc3[nH]2)cc1OCC. The van der Waals surface area contributed by atoms with Gasteiger partial charge < -0.3 is 14.5 Å². The first-order valence-corrected chi connectivity index (χ1v) is 9.21. The van der Waals surface area contributed by atoms with Gasteiger partial charge in [0.05, 0.1) is 29.8 Å². The second-order valence-electron chi connectivity index (χ2n) is 6.11. The summed E-state index contributed by atoms with van der Waals surface area (Å²) in [6.07, 6.45) is 3.88. The van der Waals surface area contributed by atoms with Crippen molar-refractivity contribution in [3.8, 4) is 17.6 Å². The van der Waals surface area contributed by atoms with Crippen LogP contribution >= 0.6 is 0 Å². The lowest BCUT2D eigenvalue weighted by Crippen LogP contribution is -2.00. The molecule has 3 rings (SSSR count). The molecule has 5 heteroatoms. The summed E-state index contributed by atoms with van der Waals surface area (Å²) in [6.45, 7) is 5.27. The van der Waals surface area contributed by atoms with Gasteiger partial charge in [-0.1, -0.05) is 31.5 Å². The van der Waals surface area contributed by atoms with Crippen LogP contribution < -0.4 is 9.47 Å². The van der Waals surface area contributed by atoms with Crippen molar-refractivity contribution in [2.45, 2.75) is 26.7 Å². The smallest absolute Gasteiger partial charge is 0.161 e. The number of nitrogens with zero attached hydrogens (tertiary/aromatic N) is 2. The highest BCUT2D eigenvalue weighted by Crippen LogP contribution is 2.30. The van der Waals surface area contributed by atoms with Crippen molar-refractivity contribution < 1.29 is 9.47 Å². The van der Waals surface area contributed by atoms with E-state index in [4.69, 9.17) is 9.47 Å². The van der Waals surface area contributed by atoms with Crippen molar-refractivity contribution in [3.63, 3.8) is 0 Å². The van der Waals surface area contributed by atoms with E-state index < -0.39 is 0 Å². The number of nitrogens with one attached hydrogen (secondary N) is 1. The highest BCUT2D eigenvalue weighted by atomic mass is 16.5. The highest BCUT2D eigenvalue weighted by molar-refractivity contribution is 5.90. The fourth-order valence-electron chi connectivity index (χ4n) is 2.73. The summed E-state index contributed by atoms with van der Waals surface area (Å²) in [5, 5.41) is 9.60. The van der Waals surface area contributed by atoms with Gasteiger partial charge in [0.1, 0.15) is 11.9 Å². The number of benzene rings is 2. The number of unbranched alkanes of at least 4 members (excludes halogenated alkanes) is 1. The molecule has 0 saturated carbocycles. The molecule has 138 valence electrons. The lowest BCUT2D eigenvalue weighted by Gasteiger charge is -2.12. The zero-order chi connectivity index (χ0) is 19.1. The van der Waals surface area contributed by atoms with E-state index in [1.165, 1.54) is 0 Å². The molecule has 2 aromatic carbocycles. The molecule has 0 aliphatic carbocycles. The Morgan fingerprint density at radius 3 is 2.74 bits per heavy atom. The Morgan fingerprint density at radius 1 is 1.15 bits per heavy atom. The van der Waals surface area contributed by atoms with E-state index in [1.807, 2.05) is 49.4 Å². The van der Waals surface area contributed by atoms with Gasteiger partial charge in [-0.2, -0.15) is 5.26 Å². The molecular formula is C22H23N3O2. The lowest BCUT2D eigenvalue weighted by atomic mass is 10.1. The number of imidazole rings is 1. The monoisotopic (exact) mass is 361 g/mol. The van der Waals surface area contributed by atoms with Gasteiger partial charge in [0, 0.05) is 0 Å². The number of aromatic nitrogens is 2. The summed E-state index contributed by atoms with van der Waals surface area (Å²) in [5.74, 6) is 1.97. The molecule has 0 radical (unpaired) electrons. The number of hydrogen-bond acceptors (Lipinski definition) is 4. The van der Waals surface area contributed by atoms with Crippen molar-refractivity contribution in [1.82, 2.24) is 9.97 Å². The Balaban J connectivity index is 1.91. The fourth-order valence-corrected chi connectivity index (χ4v) is 2.73. The minimum absolute atomic E-state index is 0.466. The van der Waals surface area contributed by atoms with E-state index in [9.17, 15) is 5.26 Å². The van der Waals surface area contributed by atoms with E-state index >= 15 is 0 Å². The second kappa shape index (κ2) is 8.91. The Labute approximate surface area is 159 Å². The van der Waals surface area contributed by atoms with Gasteiger partial charge in [-0.25, -0.2) is 4.98 Å². The van der Waals surface area contributed by atoms with Crippen LogP contribution in [0.25, 0.3) is 22.7 Å². The summed E-state index contributed by atoms with van der Waals surface area (Å²) in [6, 6.07) is 15.7. The van der Waals surface area contributed by atoms with Crippen molar-refractivity contribution in [2.75, 3.05) is 13.2 Å². The predicted molar refractivity (Wildman–Crippen MR) is 108 cm³/mol. The molecule has 0 aliphatic rings. The van der Waals surface area contributed by atoms with Crippen LogP contribution in [0.2, 0.25) is 0 Å². The van der Waals surface area contributed by atoms with Gasteiger partial charge >= 0.3 is 0 Å². The number of ether oxygens (including phenoxy) is 2. The number of H-pyrrole nitrogens is 1. The van der Waals surface area contributed by atoms with Crippen LogP contribution in [-0.4, -0.2) is 23.2 Å². The van der Waals surface area contributed by atoms with Crippen LogP contribution in [0, 0.1) is 11.3 Å². The lowest BCUT2D eigenvalue weighted by molar-refractivity contribution is 0.272. The molecule has 5 nitrogen and oxygen atoms in total. The summed E-state index contributed by atoms with van der Waals surface area (Å²) in [5.41, 5.74) is 3.07. The first-order valence-electron chi connectivity index (χ1n) is 9.21. The fraction of sp³-hybridized carbons (Fsp3) is 0.273. The standard InChI is InChI=1S/C22H23N3O2/c1-3-5-12-27-20-11-10-16(14-21(20)26-4-2)13-17(15-23)22-24-18-8-6-7-9-19(18)25-22/h6-11,13-14H,3-5,12H2,1-2H3,(H,24,25)/b17-13-. The third-order valence-electron chi connectivity index (χ3n) is 4.10. The Kier molecular flexibility index (Phi) is 6.11. The molecule has 0 fully saturated rings. The first kappa shape index (κ1) is 18.5. The van der Waals surface area contributed by atoms with Crippen LogP contribution in [0.5, 0.6) is 11.5 Å². The maximum absolute atomic E-state index is 9.60. The van der Waals surface area contributed by atoms with E-state index in [2.05, 4.69) is 23.0 Å². The van der Waals surface area contributed by atoms with Gasteiger partial charge in [-0.3, -0.25) is 0 Å². The maximum Gasteiger partial charge on any atom is 0.161 e. The average molecular weight is 361 g/mol. The third-order valence-corrected chi connectivity index (χ3v) is 4.10. The topological polar surface area (TPSA) is 70.9 Å². The van der Waals surface area contributed by atoms with Crippen molar-refractivity contribution in [1.29, 1.82) is 5.26 Å². The summed E-state index contributed by atoms with van der Waals surface area (Å²) in [7, 11) is 0. The van der Waals surface area contributed by atoms with Crippen LogP contribution in [0.15, 0.2) is 42.5 Å². The average Bonchev–Trinajstić information content (AvgIpc) is 3.12. The molecule has 3 aromatic rings. The quantitative estimate of drug-likeness (QED) is 0.442. The normalized spacial score (nSPS) is 11.4. The molecule has 0 unspecified atom stereocenters. The summed E-state index contributed by atoms with van der Waals surface area (Å²) in [4.78, 5) is 7.70. The van der Waals surface area contributed by atoms with Crippen LogP contribution in [0.1, 0.15) is 38.1 Å². The molecule has 0 bridgehead atoms. The molecule has 0 amide bonds. The van der Waals surface area contributed by atoms with Gasteiger partial charge in [-0.05, 0) is 49.2 Å². The van der Waals surface area contributed by atoms with Crippen LogP contribution in [0.3, 0.4) is 0 Å². The van der Waals surface area contributed by atoms with E-state index in [1.54, 1.807) is 6.08 Å². The number of rotatable bonds is 8. The molecule has 0 spiro atoms. The molecule has 0 saturated heterocycles. The number of allylic oxidation sites excluding steroid dienone is 1. The van der Waals surface area contributed by atoms with Crippen molar-refractivity contribution in [2.24, 2.45) is 0 Å². The zero-order valence-electron chi connectivity index (χ0n) is 15.7. The number of aromatic amines is 1. The molecule has 1 N–H and O–H groups in total. The molecule has 27 heavy (non-hydrogen) atoms. The van der Waals surface area contributed by atoms with Gasteiger partial charge in [0.2, 0.25) is 0 Å². The Hall–Kier alpha value is -3.26. The largest absolute Gasteiger partial charge is 0.490 e. The number of fused-ring (bicyclic) bond motifs is 1. The van der Waals surface area contributed by atoms with Crippen LogP contribution in [-0.2, 0) is 0 Å². The minimum atomic E-state index is 0.466. The second-order valence-corrected chi connectivity index (χ2v) is 6.11. The van der Waals surface area contributed by atoms with Crippen molar-refractivity contribution in [3.05, 3.63) is 53.9 Å². The summed E-state index contributed by atoms with van der Waals surface area (Å²) >= 11 is 0. The maximum atomic E-state index is 9.60. The number of para-hydroxylation sites is 2. The van der Waals surface area contributed by atoms with Crippen molar-refractivity contribution >= 4 is 22.7 Å². The molecule has 0 aliphatic heterocycles. The third kappa shape index (κ3) is 4.48. The first-order chi connectivity index (χ1) is 13.2. The van der Waals surface area contributed by atoms with E-state index in [-0.39, 0.29) is 0 Å². The number of nitriles is 1. The van der Waals surface area contributed by atoms with Crippen LogP contribution in [0.4, 0.5) is 0 Å². The van der Waals surface area contributed by atoms with Gasteiger partial charge in [0.25, 0.3) is 0 Å². The van der Waals surface area contributed by atoms with Gasteiger partial charge in [0.15, 0.2) is 11.5 Å². The van der Waals surface area contributed by atoms with E-state index in [0.29, 0.717) is 30.4 Å². The molecular weight excluding hydrogens is 338 g/mol. The predicted octanol–water partition coefficient (Wildman–Crippen LogP) is 5.20. The van der Waals surface area contributed by atoms with Gasteiger partial charge in [-0.15, -0.1) is 0 Å².